The second-order valence-corrected chi connectivity index (χ2v) is 5.50. The molecule has 0 bridgehead atoms. The Balaban J connectivity index is 2.01. The molecule has 104 valence electrons. The van der Waals surface area contributed by atoms with Crippen LogP contribution in [0, 0.1) is 0 Å². The second-order valence-electron chi connectivity index (χ2n) is 5.50. The SMILES string of the molecule is CC(C)(C)c1nc(Cn2cc(CCCO)nn2)no1. The van der Waals surface area contributed by atoms with Crippen molar-refractivity contribution in [1.29, 1.82) is 0 Å². The lowest BCUT2D eigenvalue weighted by Crippen LogP contribution is -2.12. The molecule has 7 heteroatoms. The van der Waals surface area contributed by atoms with Gasteiger partial charge in [0.15, 0.2) is 5.82 Å². The Hall–Kier alpha value is -1.76. The topological polar surface area (TPSA) is 89.9 Å². The van der Waals surface area contributed by atoms with Crippen LogP contribution in [0.2, 0.25) is 0 Å². The van der Waals surface area contributed by atoms with Gasteiger partial charge in [-0.1, -0.05) is 31.1 Å². The third kappa shape index (κ3) is 3.60. The zero-order valence-corrected chi connectivity index (χ0v) is 11.5. The zero-order valence-electron chi connectivity index (χ0n) is 11.5. The molecule has 0 fully saturated rings. The van der Waals surface area contributed by atoms with Crippen LogP contribution in [0.25, 0.3) is 0 Å². The summed E-state index contributed by atoms with van der Waals surface area (Å²) in [4.78, 5) is 4.34. The molecular formula is C12H19N5O2. The lowest BCUT2D eigenvalue weighted by molar-refractivity contribution is 0.288. The predicted octanol–water partition coefficient (Wildman–Crippen LogP) is 0.932. The highest BCUT2D eigenvalue weighted by atomic mass is 16.5. The minimum atomic E-state index is -0.153. The van der Waals surface area contributed by atoms with E-state index in [2.05, 4.69) is 20.5 Å². The zero-order chi connectivity index (χ0) is 13.9. The molecule has 2 rings (SSSR count). The van der Waals surface area contributed by atoms with Crippen LogP contribution < -0.4 is 0 Å². The Morgan fingerprint density at radius 3 is 2.79 bits per heavy atom. The summed E-state index contributed by atoms with van der Waals surface area (Å²) in [6, 6.07) is 0. The highest BCUT2D eigenvalue weighted by molar-refractivity contribution is 4.99. The molecule has 0 radical (unpaired) electrons. The molecule has 0 aliphatic rings. The Kier molecular flexibility index (Phi) is 3.94. The first-order valence-corrected chi connectivity index (χ1v) is 6.32. The van der Waals surface area contributed by atoms with Gasteiger partial charge < -0.3 is 9.63 Å². The smallest absolute Gasteiger partial charge is 0.232 e. The molecular weight excluding hydrogens is 246 g/mol. The van der Waals surface area contributed by atoms with Gasteiger partial charge in [-0.25, -0.2) is 4.68 Å². The number of hydrogen-bond acceptors (Lipinski definition) is 6. The Labute approximate surface area is 111 Å². The Morgan fingerprint density at radius 2 is 2.16 bits per heavy atom. The molecule has 0 atom stereocenters. The maximum absolute atomic E-state index is 8.76. The van der Waals surface area contributed by atoms with Crippen LogP contribution in [0.4, 0.5) is 0 Å². The minimum absolute atomic E-state index is 0.153. The van der Waals surface area contributed by atoms with Gasteiger partial charge in [-0.15, -0.1) is 5.10 Å². The summed E-state index contributed by atoms with van der Waals surface area (Å²) >= 11 is 0. The number of rotatable bonds is 5. The molecule has 0 amide bonds. The van der Waals surface area contributed by atoms with Gasteiger partial charge >= 0.3 is 0 Å². The van der Waals surface area contributed by atoms with Crippen molar-refractivity contribution in [1.82, 2.24) is 25.1 Å². The lowest BCUT2D eigenvalue weighted by atomic mass is 9.97. The van der Waals surface area contributed by atoms with E-state index in [0.717, 1.165) is 12.1 Å². The van der Waals surface area contributed by atoms with Crippen molar-refractivity contribution >= 4 is 0 Å². The summed E-state index contributed by atoms with van der Waals surface area (Å²) in [7, 11) is 0. The van der Waals surface area contributed by atoms with E-state index in [1.165, 1.54) is 0 Å². The molecule has 0 aliphatic heterocycles. The molecule has 19 heavy (non-hydrogen) atoms. The average Bonchev–Trinajstić information content (AvgIpc) is 2.95. The molecule has 0 aliphatic carbocycles. The van der Waals surface area contributed by atoms with E-state index in [9.17, 15) is 0 Å². The quantitative estimate of drug-likeness (QED) is 0.865. The van der Waals surface area contributed by atoms with Gasteiger partial charge in [-0.2, -0.15) is 4.98 Å². The molecule has 0 saturated carbocycles. The van der Waals surface area contributed by atoms with E-state index in [4.69, 9.17) is 9.63 Å². The van der Waals surface area contributed by atoms with Gasteiger partial charge in [-0.05, 0) is 12.8 Å². The summed E-state index contributed by atoms with van der Waals surface area (Å²) in [6.45, 7) is 6.66. The first-order chi connectivity index (χ1) is 8.99. The summed E-state index contributed by atoms with van der Waals surface area (Å²) < 4.78 is 6.89. The molecule has 0 unspecified atom stereocenters. The number of nitrogens with zero attached hydrogens (tertiary/aromatic N) is 5. The first-order valence-electron chi connectivity index (χ1n) is 6.32. The molecule has 0 spiro atoms. The van der Waals surface area contributed by atoms with Crippen molar-refractivity contribution in [3.63, 3.8) is 0 Å². The number of hydrogen-bond donors (Lipinski definition) is 1. The fraction of sp³-hybridized carbons (Fsp3) is 0.667. The van der Waals surface area contributed by atoms with Gasteiger partial charge in [-0.3, -0.25) is 0 Å². The number of aromatic nitrogens is 5. The summed E-state index contributed by atoms with van der Waals surface area (Å²) in [5.41, 5.74) is 0.702. The molecule has 2 aromatic heterocycles. The Bertz CT molecular complexity index is 526. The van der Waals surface area contributed by atoms with Crippen molar-refractivity contribution in [2.24, 2.45) is 0 Å². The molecule has 1 N–H and O–H groups in total. The van der Waals surface area contributed by atoms with E-state index in [1.807, 2.05) is 27.0 Å². The summed E-state index contributed by atoms with van der Waals surface area (Å²) in [5, 5.41) is 20.7. The third-order valence-electron chi connectivity index (χ3n) is 2.59. The van der Waals surface area contributed by atoms with E-state index in [-0.39, 0.29) is 12.0 Å². The molecule has 0 aromatic carbocycles. The highest BCUT2D eigenvalue weighted by Crippen LogP contribution is 2.19. The van der Waals surface area contributed by atoms with Crippen LogP contribution in [0.3, 0.4) is 0 Å². The van der Waals surface area contributed by atoms with Crippen LogP contribution in [0.5, 0.6) is 0 Å². The fourth-order valence-corrected chi connectivity index (χ4v) is 1.56. The maximum Gasteiger partial charge on any atom is 0.232 e. The van der Waals surface area contributed by atoms with Gasteiger partial charge in [0.05, 0.1) is 5.69 Å². The predicted molar refractivity (Wildman–Crippen MR) is 67.5 cm³/mol. The lowest BCUT2D eigenvalue weighted by Gasteiger charge is -2.10. The van der Waals surface area contributed by atoms with Gasteiger partial charge in [0.1, 0.15) is 6.54 Å². The van der Waals surface area contributed by atoms with Crippen LogP contribution in [-0.2, 0) is 18.4 Å². The molecule has 2 heterocycles. The van der Waals surface area contributed by atoms with Crippen molar-refractivity contribution < 1.29 is 9.63 Å². The molecule has 2 aromatic rings. The average molecular weight is 265 g/mol. The monoisotopic (exact) mass is 265 g/mol. The standard InChI is InChI=1S/C12H19N5O2/c1-12(2,3)11-13-10(15-19-11)8-17-7-9(14-16-17)5-4-6-18/h7,18H,4-6,8H2,1-3H3. The van der Waals surface area contributed by atoms with Gasteiger partial charge in [0.25, 0.3) is 0 Å². The summed E-state index contributed by atoms with van der Waals surface area (Å²) in [5.74, 6) is 1.20. The molecule has 7 nitrogen and oxygen atoms in total. The Morgan fingerprint density at radius 1 is 1.37 bits per heavy atom. The van der Waals surface area contributed by atoms with E-state index in [1.54, 1.807) is 4.68 Å². The van der Waals surface area contributed by atoms with E-state index < -0.39 is 0 Å². The van der Waals surface area contributed by atoms with Crippen LogP contribution in [0.15, 0.2) is 10.7 Å². The van der Waals surface area contributed by atoms with Crippen molar-refractivity contribution in [3.05, 3.63) is 23.6 Å². The van der Waals surface area contributed by atoms with E-state index in [0.29, 0.717) is 24.7 Å². The third-order valence-corrected chi connectivity index (χ3v) is 2.59. The van der Waals surface area contributed by atoms with Crippen molar-refractivity contribution in [2.75, 3.05) is 6.61 Å². The fourth-order valence-electron chi connectivity index (χ4n) is 1.56. The first kappa shape index (κ1) is 13.7. The maximum atomic E-state index is 8.76. The largest absolute Gasteiger partial charge is 0.396 e. The number of aryl methyl sites for hydroxylation is 1. The normalized spacial score (nSPS) is 12.0. The number of aliphatic hydroxyl groups is 1. The highest BCUT2D eigenvalue weighted by Gasteiger charge is 2.21. The molecule has 0 saturated heterocycles. The van der Waals surface area contributed by atoms with Crippen molar-refractivity contribution in [2.45, 2.75) is 45.6 Å². The number of aliphatic hydroxyl groups excluding tert-OH is 1. The summed E-state index contributed by atoms with van der Waals surface area (Å²) in [6.07, 6.45) is 3.24. The van der Waals surface area contributed by atoms with Crippen molar-refractivity contribution in [3.8, 4) is 0 Å². The van der Waals surface area contributed by atoms with Gasteiger partial charge in [0, 0.05) is 18.2 Å². The van der Waals surface area contributed by atoms with Crippen LogP contribution in [0.1, 0.15) is 44.6 Å². The van der Waals surface area contributed by atoms with Crippen LogP contribution >= 0.6 is 0 Å². The van der Waals surface area contributed by atoms with E-state index >= 15 is 0 Å². The van der Waals surface area contributed by atoms with Crippen LogP contribution in [-0.4, -0.2) is 36.8 Å². The second kappa shape index (κ2) is 5.48. The van der Waals surface area contributed by atoms with Gasteiger partial charge in [0.2, 0.25) is 5.89 Å². The minimum Gasteiger partial charge on any atom is -0.396 e.